The van der Waals surface area contributed by atoms with Crippen LogP contribution in [0.3, 0.4) is 0 Å². The quantitative estimate of drug-likeness (QED) is 0.190. The first kappa shape index (κ1) is 25.0. The number of amides is 4. The van der Waals surface area contributed by atoms with Gasteiger partial charge >= 0.3 is 6.03 Å². The van der Waals surface area contributed by atoms with Crippen molar-refractivity contribution in [3.63, 3.8) is 0 Å². The Balaban J connectivity index is 1.39. The van der Waals surface area contributed by atoms with E-state index >= 15 is 0 Å². The van der Waals surface area contributed by atoms with Crippen LogP contribution in [0.5, 0.6) is 5.75 Å². The van der Waals surface area contributed by atoms with Crippen molar-refractivity contribution in [1.29, 1.82) is 0 Å². The highest BCUT2D eigenvalue weighted by Gasteiger charge is 2.37. The molecule has 7 heteroatoms. The van der Waals surface area contributed by atoms with Crippen LogP contribution in [-0.2, 0) is 22.6 Å². The molecule has 0 spiro atoms. The molecule has 1 aromatic heterocycles. The van der Waals surface area contributed by atoms with Gasteiger partial charge in [-0.3, -0.25) is 14.9 Å². The Morgan fingerprint density at radius 1 is 0.947 bits per heavy atom. The molecule has 1 N–H and O–H groups in total. The van der Waals surface area contributed by atoms with E-state index in [1.807, 2.05) is 80.7 Å². The molecule has 4 amide bonds. The van der Waals surface area contributed by atoms with Gasteiger partial charge in [0.2, 0.25) is 0 Å². The lowest BCUT2D eigenvalue weighted by atomic mass is 10.1. The van der Waals surface area contributed by atoms with Crippen LogP contribution in [0.4, 0.5) is 10.5 Å². The number of benzene rings is 3. The summed E-state index contributed by atoms with van der Waals surface area (Å²) in [4.78, 5) is 39.7. The SMILES string of the molecule is CCc1ccc(N2C(=O)NC(=O)/C(=C/c3cn(CCCOc4cccc(C)c4)c4ccccc34)C2=O)cc1. The number of anilines is 1. The van der Waals surface area contributed by atoms with Crippen molar-refractivity contribution in [3.05, 3.63) is 101 Å². The molecule has 1 aliphatic rings. The van der Waals surface area contributed by atoms with Crippen molar-refractivity contribution in [3.8, 4) is 5.75 Å². The van der Waals surface area contributed by atoms with Gasteiger partial charge in [0.25, 0.3) is 11.8 Å². The maximum Gasteiger partial charge on any atom is 0.335 e. The number of barbiturate groups is 1. The lowest BCUT2D eigenvalue weighted by Crippen LogP contribution is -2.54. The average molecular weight is 508 g/mol. The third-order valence-corrected chi connectivity index (χ3v) is 6.63. The molecule has 5 rings (SSSR count). The lowest BCUT2D eigenvalue weighted by Gasteiger charge is -2.26. The highest BCUT2D eigenvalue weighted by molar-refractivity contribution is 6.39. The molecule has 0 atom stereocenters. The maximum absolute atomic E-state index is 13.4. The van der Waals surface area contributed by atoms with E-state index in [-0.39, 0.29) is 5.57 Å². The lowest BCUT2D eigenvalue weighted by molar-refractivity contribution is -0.122. The molecule has 2 heterocycles. The van der Waals surface area contributed by atoms with Gasteiger partial charge in [0.05, 0.1) is 12.3 Å². The Labute approximate surface area is 221 Å². The predicted octanol–water partition coefficient (Wildman–Crippen LogP) is 5.65. The molecular formula is C31H29N3O4. The molecule has 0 saturated carbocycles. The number of aryl methyl sites for hydroxylation is 3. The van der Waals surface area contributed by atoms with E-state index in [2.05, 4.69) is 9.88 Å². The molecule has 0 bridgehead atoms. The van der Waals surface area contributed by atoms with Crippen LogP contribution >= 0.6 is 0 Å². The van der Waals surface area contributed by atoms with Crippen LogP contribution in [0.2, 0.25) is 0 Å². The van der Waals surface area contributed by atoms with Crippen LogP contribution in [-0.4, -0.2) is 29.0 Å². The number of fused-ring (bicyclic) bond motifs is 1. The van der Waals surface area contributed by atoms with Crippen LogP contribution < -0.4 is 15.0 Å². The second-order valence-electron chi connectivity index (χ2n) is 9.29. The van der Waals surface area contributed by atoms with E-state index < -0.39 is 17.8 Å². The number of carbonyl (C=O) groups is 3. The van der Waals surface area contributed by atoms with E-state index in [0.29, 0.717) is 18.8 Å². The summed E-state index contributed by atoms with van der Waals surface area (Å²) in [6.07, 6.45) is 5.12. The summed E-state index contributed by atoms with van der Waals surface area (Å²) in [5.41, 5.74) is 4.28. The van der Waals surface area contributed by atoms with Crippen molar-refractivity contribution < 1.29 is 19.1 Å². The minimum Gasteiger partial charge on any atom is -0.494 e. The van der Waals surface area contributed by atoms with Gasteiger partial charge in [-0.1, -0.05) is 49.4 Å². The number of ether oxygens (including phenoxy) is 1. The third-order valence-electron chi connectivity index (χ3n) is 6.63. The number of hydrogen-bond donors (Lipinski definition) is 1. The molecule has 0 aliphatic carbocycles. The fourth-order valence-corrected chi connectivity index (χ4v) is 4.63. The largest absolute Gasteiger partial charge is 0.494 e. The number of hydrogen-bond acceptors (Lipinski definition) is 4. The molecule has 1 aliphatic heterocycles. The summed E-state index contributed by atoms with van der Waals surface area (Å²) in [5.74, 6) is -0.505. The number of nitrogens with zero attached hydrogens (tertiary/aromatic N) is 2. The number of urea groups is 1. The van der Waals surface area contributed by atoms with Gasteiger partial charge in [0.1, 0.15) is 11.3 Å². The number of aromatic nitrogens is 1. The summed E-state index contributed by atoms with van der Waals surface area (Å²) in [5, 5.41) is 3.22. The predicted molar refractivity (Wildman–Crippen MR) is 148 cm³/mol. The van der Waals surface area contributed by atoms with Crippen molar-refractivity contribution in [2.75, 3.05) is 11.5 Å². The second-order valence-corrected chi connectivity index (χ2v) is 9.29. The average Bonchev–Trinajstić information content (AvgIpc) is 3.27. The Hall–Kier alpha value is -4.65. The van der Waals surface area contributed by atoms with Crippen LogP contribution in [0.15, 0.2) is 84.6 Å². The number of nitrogens with one attached hydrogen (secondary N) is 1. The maximum atomic E-state index is 13.4. The number of para-hydroxylation sites is 1. The molecular weight excluding hydrogens is 478 g/mol. The topological polar surface area (TPSA) is 80.6 Å². The normalized spacial score (nSPS) is 14.8. The van der Waals surface area contributed by atoms with Crippen molar-refractivity contribution >= 4 is 40.5 Å². The van der Waals surface area contributed by atoms with Gasteiger partial charge in [-0.15, -0.1) is 0 Å². The first-order valence-electron chi connectivity index (χ1n) is 12.7. The van der Waals surface area contributed by atoms with Gasteiger partial charge in [-0.05, 0) is 67.3 Å². The molecule has 1 fully saturated rings. The zero-order valence-electron chi connectivity index (χ0n) is 21.4. The summed E-state index contributed by atoms with van der Waals surface area (Å²) in [6.45, 7) is 5.31. The highest BCUT2D eigenvalue weighted by atomic mass is 16.5. The standard InChI is InChI=1S/C31H29N3O4/c1-3-22-12-14-24(15-13-22)34-30(36)27(29(35)32-31(34)37)19-23-20-33(28-11-5-4-10-26(23)28)16-7-17-38-25-9-6-8-21(2)18-25/h4-6,8-15,18-20H,3,7,16-17H2,1-2H3,(H,32,35,37)/b27-19-. The van der Waals surface area contributed by atoms with E-state index in [1.54, 1.807) is 18.2 Å². The first-order valence-corrected chi connectivity index (χ1v) is 12.7. The highest BCUT2D eigenvalue weighted by Crippen LogP contribution is 2.27. The van der Waals surface area contributed by atoms with E-state index in [4.69, 9.17) is 4.74 Å². The molecule has 0 unspecified atom stereocenters. The van der Waals surface area contributed by atoms with Gasteiger partial charge in [-0.2, -0.15) is 0 Å². The minimum atomic E-state index is -0.752. The molecule has 4 aromatic rings. The van der Waals surface area contributed by atoms with Crippen molar-refractivity contribution in [2.24, 2.45) is 0 Å². The smallest absolute Gasteiger partial charge is 0.335 e. The second kappa shape index (κ2) is 10.8. The zero-order chi connectivity index (χ0) is 26.6. The molecule has 1 saturated heterocycles. The Morgan fingerprint density at radius 3 is 2.50 bits per heavy atom. The van der Waals surface area contributed by atoms with Crippen molar-refractivity contribution in [1.82, 2.24) is 9.88 Å². The number of carbonyl (C=O) groups excluding carboxylic acids is 3. The van der Waals surface area contributed by atoms with Gasteiger partial charge in [0.15, 0.2) is 0 Å². The van der Waals surface area contributed by atoms with Crippen LogP contribution in [0.1, 0.15) is 30.0 Å². The molecule has 3 aromatic carbocycles. The monoisotopic (exact) mass is 507 g/mol. The molecule has 38 heavy (non-hydrogen) atoms. The number of imide groups is 2. The van der Waals surface area contributed by atoms with Gasteiger partial charge in [0, 0.05) is 29.2 Å². The van der Waals surface area contributed by atoms with Gasteiger partial charge < -0.3 is 9.30 Å². The molecule has 192 valence electrons. The van der Waals surface area contributed by atoms with E-state index in [1.165, 1.54) is 0 Å². The summed E-state index contributed by atoms with van der Waals surface area (Å²) < 4.78 is 7.99. The summed E-state index contributed by atoms with van der Waals surface area (Å²) >= 11 is 0. The van der Waals surface area contributed by atoms with Crippen LogP contribution in [0, 0.1) is 6.92 Å². The van der Waals surface area contributed by atoms with Gasteiger partial charge in [-0.25, -0.2) is 9.69 Å². The molecule has 7 nitrogen and oxygen atoms in total. The number of rotatable bonds is 8. The van der Waals surface area contributed by atoms with E-state index in [9.17, 15) is 14.4 Å². The summed E-state index contributed by atoms with van der Waals surface area (Å²) in [7, 11) is 0. The summed E-state index contributed by atoms with van der Waals surface area (Å²) in [6, 6.07) is 22.2. The fraction of sp³-hybridized carbons (Fsp3) is 0.194. The minimum absolute atomic E-state index is 0.0881. The Kier molecular flexibility index (Phi) is 7.09. The van der Waals surface area contributed by atoms with Crippen molar-refractivity contribution in [2.45, 2.75) is 33.2 Å². The zero-order valence-corrected chi connectivity index (χ0v) is 21.4. The fourth-order valence-electron chi connectivity index (χ4n) is 4.63. The van der Waals surface area contributed by atoms with Crippen LogP contribution in [0.25, 0.3) is 17.0 Å². The van der Waals surface area contributed by atoms with E-state index in [0.717, 1.165) is 51.1 Å². The first-order chi connectivity index (χ1) is 18.4. The Bertz CT molecular complexity index is 1550. The third kappa shape index (κ3) is 5.09. The molecule has 0 radical (unpaired) electrons. The Morgan fingerprint density at radius 2 is 1.74 bits per heavy atom.